The maximum absolute atomic E-state index is 12.3. The molecule has 0 unspecified atom stereocenters. The Hall–Kier alpha value is -0.110. The largest absolute Gasteiger partial charge is 1.00 e. The van der Waals surface area contributed by atoms with E-state index in [1.54, 1.807) is 30.3 Å². The standard InChI is InChI=1S/C16H20N3O8P.2Na/c17-14-9(8-4-2-1-3-5-8)6-19(16(23)18-14)15-12(22)11(21)13(27-15)10(20)7-28(24,25)26;;/h1-6,10-13,15,20-22H,7H2,(H2,17,18,23)(H2,24,25,26);;/q;2*+1/p-2/t10-,11+,12-,13-,15-;;/m1../s1. The fourth-order valence-electron chi connectivity index (χ4n) is 3.07. The molecule has 1 fully saturated rings. The van der Waals surface area contributed by atoms with Gasteiger partial charge in [0, 0.05) is 17.9 Å². The monoisotopic (exact) mass is 457 g/mol. The van der Waals surface area contributed by atoms with Gasteiger partial charge >= 0.3 is 64.8 Å². The minimum Gasteiger partial charge on any atom is -0.811 e. The van der Waals surface area contributed by atoms with Crippen molar-refractivity contribution in [3.8, 4) is 11.1 Å². The molecule has 1 aliphatic heterocycles. The number of anilines is 1. The van der Waals surface area contributed by atoms with E-state index in [1.165, 1.54) is 6.20 Å². The molecule has 0 amide bonds. The number of nitrogens with two attached hydrogens (primary N) is 1. The Kier molecular flexibility index (Phi) is 10.4. The molecule has 152 valence electrons. The molecule has 2 aromatic rings. The fraction of sp³-hybridized carbons (Fsp3) is 0.375. The molecule has 30 heavy (non-hydrogen) atoms. The average molecular weight is 457 g/mol. The molecule has 2 heterocycles. The fourth-order valence-corrected chi connectivity index (χ4v) is 3.74. The molecular formula is C16H18N3Na2O8P. The van der Waals surface area contributed by atoms with Gasteiger partial charge in [-0.1, -0.05) is 37.9 Å². The van der Waals surface area contributed by atoms with Crippen molar-refractivity contribution in [3.63, 3.8) is 0 Å². The Morgan fingerprint density at radius 3 is 2.37 bits per heavy atom. The van der Waals surface area contributed by atoms with Gasteiger partial charge in [-0.3, -0.25) is 4.57 Å². The van der Waals surface area contributed by atoms with Crippen LogP contribution >= 0.6 is 7.60 Å². The summed E-state index contributed by atoms with van der Waals surface area (Å²) in [5.41, 5.74) is 5.91. The molecular weight excluding hydrogens is 439 g/mol. The van der Waals surface area contributed by atoms with Crippen molar-refractivity contribution < 1.29 is 93.5 Å². The van der Waals surface area contributed by atoms with Crippen molar-refractivity contribution in [2.45, 2.75) is 30.6 Å². The van der Waals surface area contributed by atoms with Gasteiger partial charge in [-0.2, -0.15) is 4.98 Å². The third-order valence-corrected chi connectivity index (χ3v) is 5.23. The van der Waals surface area contributed by atoms with Crippen LogP contribution in [0.2, 0.25) is 0 Å². The molecule has 1 aromatic carbocycles. The van der Waals surface area contributed by atoms with Gasteiger partial charge in [0.15, 0.2) is 6.23 Å². The molecule has 11 nitrogen and oxygen atoms in total. The summed E-state index contributed by atoms with van der Waals surface area (Å²) < 4.78 is 17.1. The first-order valence-electron chi connectivity index (χ1n) is 8.23. The molecule has 3 rings (SSSR count). The van der Waals surface area contributed by atoms with Gasteiger partial charge in [0.05, 0.1) is 6.10 Å². The number of hydrogen-bond donors (Lipinski definition) is 4. The SMILES string of the molecule is Nc1nc(=O)n([C@@H]2O[C@H]([C@H](O)CP(=O)([O-])[O-])[C@@H](O)[C@H]2O)cc1-c1ccccc1.[Na+].[Na+]. The van der Waals surface area contributed by atoms with Crippen molar-refractivity contribution in [1.29, 1.82) is 0 Å². The van der Waals surface area contributed by atoms with Gasteiger partial charge in [0.25, 0.3) is 0 Å². The first-order valence-corrected chi connectivity index (χ1v) is 9.96. The Morgan fingerprint density at radius 1 is 1.20 bits per heavy atom. The van der Waals surface area contributed by atoms with Crippen LogP contribution in [-0.2, 0) is 9.30 Å². The number of hydrogen-bond acceptors (Lipinski definition) is 10. The summed E-state index contributed by atoms with van der Waals surface area (Å²) in [4.78, 5) is 37.7. The maximum atomic E-state index is 12.3. The second-order valence-electron chi connectivity index (χ2n) is 6.43. The van der Waals surface area contributed by atoms with Crippen LogP contribution in [0.4, 0.5) is 5.82 Å². The first kappa shape index (κ1) is 27.9. The molecule has 5 atom stereocenters. The number of benzene rings is 1. The van der Waals surface area contributed by atoms with Gasteiger partial charge in [-0.05, 0) is 5.56 Å². The van der Waals surface area contributed by atoms with E-state index in [0.29, 0.717) is 11.1 Å². The second kappa shape index (κ2) is 11.2. The van der Waals surface area contributed by atoms with E-state index in [9.17, 15) is 34.5 Å². The van der Waals surface area contributed by atoms with Gasteiger partial charge in [-0.15, -0.1) is 0 Å². The second-order valence-corrected chi connectivity index (χ2v) is 8.02. The van der Waals surface area contributed by atoms with Crippen LogP contribution in [0.15, 0.2) is 41.3 Å². The molecule has 0 bridgehead atoms. The number of rotatable bonds is 5. The normalized spacial score (nSPS) is 24.6. The third-order valence-electron chi connectivity index (χ3n) is 4.41. The van der Waals surface area contributed by atoms with Gasteiger partial charge in [-0.25, -0.2) is 4.79 Å². The molecule has 5 N–H and O–H groups in total. The van der Waals surface area contributed by atoms with E-state index < -0.39 is 50.1 Å². The van der Waals surface area contributed by atoms with Crippen LogP contribution in [0.3, 0.4) is 0 Å². The number of ether oxygens (including phenoxy) is 1. The number of aromatic nitrogens is 2. The summed E-state index contributed by atoms with van der Waals surface area (Å²) in [6, 6.07) is 8.70. The Bertz CT molecular complexity index is 957. The molecule has 0 radical (unpaired) electrons. The predicted molar refractivity (Wildman–Crippen MR) is 92.7 cm³/mol. The number of nitrogen functional groups attached to an aromatic ring is 1. The van der Waals surface area contributed by atoms with Crippen molar-refractivity contribution in [3.05, 3.63) is 47.0 Å². The quantitative estimate of drug-likeness (QED) is 0.247. The molecule has 0 saturated carbocycles. The molecule has 14 heteroatoms. The third kappa shape index (κ3) is 6.23. The van der Waals surface area contributed by atoms with E-state index in [4.69, 9.17) is 10.5 Å². The van der Waals surface area contributed by atoms with E-state index in [0.717, 1.165) is 4.57 Å². The summed E-state index contributed by atoms with van der Waals surface area (Å²) >= 11 is 0. The molecule has 1 saturated heterocycles. The number of aliphatic hydroxyl groups is 3. The molecule has 0 aliphatic carbocycles. The van der Waals surface area contributed by atoms with Gasteiger partial charge in [0.2, 0.25) is 0 Å². The van der Waals surface area contributed by atoms with Crippen LogP contribution in [0, 0.1) is 0 Å². The van der Waals surface area contributed by atoms with Crippen LogP contribution < -0.4 is 80.3 Å². The summed E-state index contributed by atoms with van der Waals surface area (Å²) in [6.45, 7) is 0. The van der Waals surface area contributed by atoms with Crippen molar-refractivity contribution in [2.75, 3.05) is 11.9 Å². The summed E-state index contributed by atoms with van der Waals surface area (Å²) in [7, 11) is -5.10. The predicted octanol–water partition coefficient (Wildman–Crippen LogP) is -8.61. The average Bonchev–Trinajstić information content (AvgIpc) is 2.90. The van der Waals surface area contributed by atoms with Gasteiger partial charge in [0.1, 0.15) is 24.1 Å². The summed E-state index contributed by atoms with van der Waals surface area (Å²) in [5, 5.41) is 30.2. The topological polar surface area (TPSA) is 194 Å². The number of nitrogens with zero attached hydrogens (tertiary/aromatic N) is 2. The van der Waals surface area contributed by atoms with Crippen LogP contribution in [-0.4, -0.2) is 55.4 Å². The summed E-state index contributed by atoms with van der Waals surface area (Å²) in [6.07, 6.45) is -8.31. The van der Waals surface area contributed by atoms with Gasteiger partial charge < -0.3 is 40.1 Å². The van der Waals surface area contributed by atoms with Crippen LogP contribution in [0.1, 0.15) is 6.23 Å². The van der Waals surface area contributed by atoms with Crippen molar-refractivity contribution >= 4 is 13.4 Å². The van der Waals surface area contributed by atoms with Crippen molar-refractivity contribution in [1.82, 2.24) is 9.55 Å². The van der Waals surface area contributed by atoms with Crippen LogP contribution in [0.25, 0.3) is 11.1 Å². The van der Waals surface area contributed by atoms with E-state index >= 15 is 0 Å². The Morgan fingerprint density at radius 2 is 1.80 bits per heavy atom. The first-order chi connectivity index (χ1) is 13.1. The zero-order valence-corrected chi connectivity index (χ0v) is 21.3. The minimum absolute atomic E-state index is 0. The minimum atomic E-state index is -5.10. The van der Waals surface area contributed by atoms with E-state index in [-0.39, 0.29) is 64.9 Å². The summed E-state index contributed by atoms with van der Waals surface area (Å²) in [5.74, 6) is -0.0595. The van der Waals surface area contributed by atoms with Crippen LogP contribution in [0.5, 0.6) is 0 Å². The van der Waals surface area contributed by atoms with Crippen molar-refractivity contribution in [2.24, 2.45) is 0 Å². The van der Waals surface area contributed by atoms with E-state index in [1.807, 2.05) is 0 Å². The number of aliphatic hydroxyl groups excluding tert-OH is 3. The Balaban J connectivity index is 0.00000225. The smallest absolute Gasteiger partial charge is 0.811 e. The molecule has 0 spiro atoms. The van der Waals surface area contributed by atoms with E-state index in [2.05, 4.69) is 4.98 Å². The molecule has 1 aromatic heterocycles. The zero-order chi connectivity index (χ0) is 20.6. The Labute approximate surface area is 215 Å². The zero-order valence-electron chi connectivity index (χ0n) is 16.4. The molecule has 1 aliphatic rings. The maximum Gasteiger partial charge on any atom is 1.00 e.